The van der Waals surface area contributed by atoms with Crippen LogP contribution < -0.4 is 10.6 Å². The molecule has 0 aliphatic carbocycles. The van der Waals surface area contributed by atoms with E-state index in [1.54, 1.807) is 36.5 Å². The molecule has 2 N–H and O–H groups in total. The van der Waals surface area contributed by atoms with Gasteiger partial charge in [-0.1, -0.05) is 36.0 Å². The highest BCUT2D eigenvalue weighted by molar-refractivity contribution is 7.99. The van der Waals surface area contributed by atoms with E-state index < -0.39 is 0 Å². The first-order valence-corrected chi connectivity index (χ1v) is 12.3. The minimum Gasteiger partial charge on any atom is -0.465 e. The minimum absolute atomic E-state index is 0.193. The van der Waals surface area contributed by atoms with E-state index in [-0.39, 0.29) is 17.8 Å². The second-order valence-electron chi connectivity index (χ2n) is 7.65. The third-order valence-corrected chi connectivity index (χ3v) is 7.57. The molecule has 0 radical (unpaired) electrons. The summed E-state index contributed by atoms with van der Waals surface area (Å²) in [4.78, 5) is 44.1. The standard InChI is InChI=1S/C26H19N3O4S2/c1-33-26(32)16-8-6-15(7-9-16)25-28-14-18(34-25)13-27-23(30)17-10-11-22-20(12-17)29-24(31)19-4-2-3-5-21(19)35-22/h2-12,14H,13H2,1H3,(H,27,30)(H,29,31). The van der Waals surface area contributed by atoms with E-state index in [0.29, 0.717) is 28.9 Å². The fourth-order valence-electron chi connectivity index (χ4n) is 3.57. The smallest absolute Gasteiger partial charge is 0.337 e. The highest BCUT2D eigenvalue weighted by Crippen LogP contribution is 2.39. The molecule has 0 fully saturated rings. The van der Waals surface area contributed by atoms with Crippen molar-refractivity contribution in [3.63, 3.8) is 0 Å². The highest BCUT2D eigenvalue weighted by atomic mass is 32.2. The van der Waals surface area contributed by atoms with Crippen LogP contribution in [-0.4, -0.2) is 29.9 Å². The maximum Gasteiger partial charge on any atom is 0.337 e. The van der Waals surface area contributed by atoms with Gasteiger partial charge in [0.2, 0.25) is 0 Å². The topological polar surface area (TPSA) is 97.4 Å². The second-order valence-corrected chi connectivity index (χ2v) is 9.85. The summed E-state index contributed by atoms with van der Waals surface area (Å²) >= 11 is 2.95. The van der Waals surface area contributed by atoms with Crippen LogP contribution in [0.2, 0.25) is 0 Å². The van der Waals surface area contributed by atoms with E-state index in [2.05, 4.69) is 15.6 Å². The molecule has 5 rings (SSSR count). The summed E-state index contributed by atoms with van der Waals surface area (Å²) < 4.78 is 4.72. The zero-order valence-corrected chi connectivity index (χ0v) is 20.2. The molecule has 1 aliphatic rings. The molecule has 0 atom stereocenters. The number of carbonyl (C=O) groups is 3. The Balaban J connectivity index is 1.25. The maximum atomic E-state index is 12.8. The summed E-state index contributed by atoms with van der Waals surface area (Å²) in [5, 5.41) is 6.61. The first-order valence-electron chi connectivity index (χ1n) is 10.7. The van der Waals surface area contributed by atoms with Crippen LogP contribution in [0.1, 0.15) is 36.0 Å². The number of methoxy groups -OCH3 is 1. The van der Waals surface area contributed by atoms with E-state index in [4.69, 9.17) is 4.74 Å². The van der Waals surface area contributed by atoms with Gasteiger partial charge in [0.15, 0.2) is 0 Å². The Kier molecular flexibility index (Phi) is 6.35. The van der Waals surface area contributed by atoms with Crippen molar-refractivity contribution in [2.24, 2.45) is 0 Å². The van der Waals surface area contributed by atoms with Crippen molar-refractivity contribution in [2.45, 2.75) is 16.3 Å². The number of esters is 1. The third kappa shape index (κ3) is 4.82. The average molecular weight is 502 g/mol. The lowest BCUT2D eigenvalue weighted by molar-refractivity contribution is 0.0600. The van der Waals surface area contributed by atoms with Crippen molar-refractivity contribution >= 4 is 46.6 Å². The number of amides is 2. The number of rotatable bonds is 5. The van der Waals surface area contributed by atoms with E-state index in [1.807, 2.05) is 36.4 Å². The lowest BCUT2D eigenvalue weighted by Gasteiger charge is -2.09. The first kappa shape index (κ1) is 22.8. The van der Waals surface area contributed by atoms with Gasteiger partial charge in [0.1, 0.15) is 5.01 Å². The van der Waals surface area contributed by atoms with Crippen molar-refractivity contribution in [1.29, 1.82) is 0 Å². The van der Waals surface area contributed by atoms with Gasteiger partial charge in [-0.2, -0.15) is 0 Å². The number of aromatic nitrogens is 1. The molecule has 0 spiro atoms. The van der Waals surface area contributed by atoms with Gasteiger partial charge in [-0.3, -0.25) is 9.59 Å². The number of anilines is 1. The number of fused-ring (bicyclic) bond motifs is 2. The molecule has 2 heterocycles. The molecule has 174 valence electrons. The molecule has 7 nitrogen and oxygen atoms in total. The van der Waals surface area contributed by atoms with Gasteiger partial charge >= 0.3 is 5.97 Å². The van der Waals surface area contributed by atoms with Gasteiger partial charge in [-0.15, -0.1) is 11.3 Å². The van der Waals surface area contributed by atoms with Crippen molar-refractivity contribution in [1.82, 2.24) is 10.3 Å². The summed E-state index contributed by atoms with van der Waals surface area (Å²) in [5.74, 6) is -0.827. The molecule has 9 heteroatoms. The zero-order valence-electron chi connectivity index (χ0n) is 18.5. The zero-order chi connectivity index (χ0) is 24.4. The number of carbonyl (C=O) groups excluding carboxylic acids is 3. The summed E-state index contributed by atoms with van der Waals surface area (Å²) in [7, 11) is 1.34. The van der Waals surface area contributed by atoms with E-state index >= 15 is 0 Å². The molecule has 4 aromatic rings. The maximum absolute atomic E-state index is 12.8. The number of nitrogens with one attached hydrogen (secondary N) is 2. The Hall–Kier alpha value is -3.95. The Morgan fingerprint density at radius 3 is 2.57 bits per heavy atom. The lowest BCUT2D eigenvalue weighted by Crippen LogP contribution is -2.22. The molecule has 1 aliphatic heterocycles. The van der Waals surface area contributed by atoms with Crippen LogP contribution in [0.5, 0.6) is 0 Å². The highest BCUT2D eigenvalue weighted by Gasteiger charge is 2.20. The average Bonchev–Trinajstić information content (AvgIpc) is 3.31. The Morgan fingerprint density at radius 2 is 1.77 bits per heavy atom. The molecular formula is C26H19N3O4S2. The number of hydrogen-bond acceptors (Lipinski definition) is 7. The molecule has 0 bridgehead atoms. The minimum atomic E-state index is -0.389. The summed E-state index contributed by atoms with van der Waals surface area (Å²) in [6.07, 6.45) is 1.72. The van der Waals surface area contributed by atoms with Gasteiger partial charge in [-0.05, 0) is 42.5 Å². The number of hydrogen-bond donors (Lipinski definition) is 2. The summed E-state index contributed by atoms with van der Waals surface area (Å²) in [6.45, 7) is 0.320. The summed E-state index contributed by atoms with van der Waals surface area (Å²) in [5.41, 5.74) is 3.03. The number of benzene rings is 3. The number of ether oxygens (including phenoxy) is 1. The van der Waals surface area contributed by atoms with Crippen LogP contribution >= 0.6 is 23.1 Å². The number of thiazole rings is 1. The Labute approximate surface area is 209 Å². The second kappa shape index (κ2) is 9.73. The van der Waals surface area contributed by atoms with Crippen LogP contribution in [0.25, 0.3) is 10.6 Å². The van der Waals surface area contributed by atoms with Gasteiger partial charge < -0.3 is 15.4 Å². The molecule has 35 heavy (non-hydrogen) atoms. The van der Waals surface area contributed by atoms with Gasteiger partial charge in [0.05, 0.1) is 30.5 Å². The molecule has 0 saturated heterocycles. The fraction of sp³-hybridized carbons (Fsp3) is 0.0769. The fourth-order valence-corrected chi connectivity index (χ4v) is 5.44. The quantitative estimate of drug-likeness (QED) is 0.363. The van der Waals surface area contributed by atoms with E-state index in [1.165, 1.54) is 30.2 Å². The predicted molar refractivity (Wildman–Crippen MR) is 135 cm³/mol. The molecule has 1 aromatic heterocycles. The van der Waals surface area contributed by atoms with Gasteiger partial charge in [0.25, 0.3) is 11.8 Å². The Morgan fingerprint density at radius 1 is 1.00 bits per heavy atom. The normalized spacial score (nSPS) is 12.1. The third-order valence-electron chi connectivity index (χ3n) is 5.37. The molecular weight excluding hydrogens is 482 g/mol. The van der Waals surface area contributed by atoms with Crippen molar-refractivity contribution < 1.29 is 19.1 Å². The molecule has 3 aromatic carbocycles. The van der Waals surface area contributed by atoms with E-state index in [9.17, 15) is 14.4 Å². The molecule has 0 saturated carbocycles. The van der Waals surface area contributed by atoms with Crippen molar-refractivity contribution in [3.05, 3.63) is 94.5 Å². The largest absolute Gasteiger partial charge is 0.465 e. The van der Waals surface area contributed by atoms with Crippen LogP contribution in [0.4, 0.5) is 5.69 Å². The summed E-state index contributed by atoms with van der Waals surface area (Å²) in [6, 6.07) is 19.7. The van der Waals surface area contributed by atoms with Crippen molar-refractivity contribution in [3.8, 4) is 10.6 Å². The SMILES string of the molecule is COC(=O)c1ccc(-c2ncc(CNC(=O)c3ccc4c(c3)NC(=O)c3ccccc3S4)s2)cc1. The number of nitrogens with zero attached hydrogens (tertiary/aromatic N) is 1. The van der Waals surface area contributed by atoms with E-state index in [0.717, 1.165) is 25.2 Å². The monoisotopic (exact) mass is 501 g/mol. The molecule has 0 unspecified atom stereocenters. The van der Waals surface area contributed by atoms with Crippen LogP contribution in [0.3, 0.4) is 0 Å². The van der Waals surface area contributed by atoms with Crippen LogP contribution in [-0.2, 0) is 11.3 Å². The Bertz CT molecular complexity index is 1450. The van der Waals surface area contributed by atoms with Crippen molar-refractivity contribution in [2.75, 3.05) is 12.4 Å². The predicted octanol–water partition coefficient (Wildman–Crippen LogP) is 5.24. The first-order chi connectivity index (χ1) is 17.0. The van der Waals surface area contributed by atoms with Crippen LogP contribution in [0, 0.1) is 0 Å². The van der Waals surface area contributed by atoms with Crippen LogP contribution in [0.15, 0.2) is 82.7 Å². The van der Waals surface area contributed by atoms with Gasteiger partial charge in [-0.25, -0.2) is 9.78 Å². The lowest BCUT2D eigenvalue weighted by atomic mass is 10.1. The van der Waals surface area contributed by atoms with Gasteiger partial charge in [0, 0.05) is 32.0 Å². The molecule has 2 amide bonds.